The molecule has 0 unspecified atom stereocenters. The van der Waals surface area contributed by atoms with Crippen molar-refractivity contribution < 1.29 is 39.0 Å². The molecule has 0 bridgehead atoms. The summed E-state index contributed by atoms with van der Waals surface area (Å²) in [5.41, 5.74) is 0.729. The van der Waals surface area contributed by atoms with Gasteiger partial charge in [0.2, 0.25) is 0 Å². The van der Waals surface area contributed by atoms with Crippen LogP contribution in [0.3, 0.4) is 0 Å². The molecular weight excluding hydrogens is 371 g/mol. The molecule has 1 aromatic carbocycles. The second-order valence-electron chi connectivity index (χ2n) is 7.92. The molecule has 9 atom stereocenters. The lowest BCUT2D eigenvalue weighted by Crippen LogP contribution is -2.60. The Kier molecular flexibility index (Phi) is 5.98. The predicted molar refractivity (Wildman–Crippen MR) is 94.6 cm³/mol. The zero-order chi connectivity index (χ0) is 19.8. The number of hydrogen-bond donors (Lipinski definition) is 4. The highest BCUT2D eigenvalue weighted by Crippen LogP contribution is 2.44. The summed E-state index contributed by atoms with van der Waals surface area (Å²) in [5.74, 6) is -0.224. The van der Waals surface area contributed by atoms with Gasteiger partial charge in [0.15, 0.2) is 6.29 Å². The second-order valence-corrected chi connectivity index (χ2v) is 7.92. The van der Waals surface area contributed by atoms with E-state index in [4.69, 9.17) is 14.2 Å². The molecule has 2 saturated heterocycles. The molecule has 1 saturated carbocycles. The van der Waals surface area contributed by atoms with Crippen molar-refractivity contribution in [2.45, 2.75) is 74.7 Å². The topological polar surface area (TPSA) is 109 Å². The standard InChI is InChI=1S/C20H27FO7/c21-11-4-1-3-10(7-11)14-8-15(12-5-2-6-13(12)26-14)27-20-19(25)18(24)17(23)16(9-22)28-20/h1,3-4,7,12-20,22-25H,2,5-6,8-9H2/t12-,13-,14-,15-,16+,17+,18-,19-,20-/m1/s1. The maximum absolute atomic E-state index is 13.7. The largest absolute Gasteiger partial charge is 0.394 e. The molecule has 0 amide bonds. The van der Waals surface area contributed by atoms with Gasteiger partial charge in [0.05, 0.1) is 24.9 Å². The molecular formula is C20H27FO7. The summed E-state index contributed by atoms with van der Waals surface area (Å²) in [4.78, 5) is 0. The molecule has 3 fully saturated rings. The Hall–Kier alpha value is -1.13. The van der Waals surface area contributed by atoms with Crippen LogP contribution in [0.25, 0.3) is 0 Å². The van der Waals surface area contributed by atoms with Crippen LogP contribution in [0.2, 0.25) is 0 Å². The second kappa shape index (κ2) is 8.31. The fourth-order valence-corrected chi connectivity index (χ4v) is 4.63. The van der Waals surface area contributed by atoms with Crippen LogP contribution in [-0.4, -0.2) is 69.9 Å². The van der Waals surface area contributed by atoms with E-state index >= 15 is 0 Å². The van der Waals surface area contributed by atoms with Crippen molar-refractivity contribution >= 4 is 0 Å². The Balaban J connectivity index is 1.52. The molecule has 0 aromatic heterocycles. The highest BCUT2D eigenvalue weighted by molar-refractivity contribution is 5.20. The van der Waals surface area contributed by atoms with Crippen molar-refractivity contribution in [2.75, 3.05) is 6.61 Å². The molecule has 2 heterocycles. The average molecular weight is 398 g/mol. The molecule has 1 aliphatic carbocycles. The van der Waals surface area contributed by atoms with Gasteiger partial charge in [-0.2, -0.15) is 0 Å². The third-order valence-electron chi connectivity index (χ3n) is 6.14. The number of rotatable bonds is 4. The van der Waals surface area contributed by atoms with E-state index in [-0.39, 0.29) is 30.0 Å². The summed E-state index contributed by atoms with van der Waals surface area (Å²) >= 11 is 0. The molecule has 0 radical (unpaired) electrons. The quantitative estimate of drug-likeness (QED) is 0.589. The van der Waals surface area contributed by atoms with Gasteiger partial charge in [0, 0.05) is 12.3 Å². The minimum Gasteiger partial charge on any atom is -0.394 e. The van der Waals surface area contributed by atoms with Gasteiger partial charge >= 0.3 is 0 Å². The number of benzene rings is 1. The van der Waals surface area contributed by atoms with Crippen LogP contribution in [0.4, 0.5) is 4.39 Å². The van der Waals surface area contributed by atoms with Crippen LogP contribution in [0, 0.1) is 11.7 Å². The molecule has 28 heavy (non-hydrogen) atoms. The van der Waals surface area contributed by atoms with Crippen molar-refractivity contribution in [3.05, 3.63) is 35.6 Å². The van der Waals surface area contributed by atoms with E-state index in [2.05, 4.69) is 0 Å². The summed E-state index contributed by atoms with van der Waals surface area (Å²) in [6.07, 6.45) is -3.99. The maximum Gasteiger partial charge on any atom is 0.186 e. The Morgan fingerprint density at radius 3 is 2.64 bits per heavy atom. The van der Waals surface area contributed by atoms with E-state index in [9.17, 15) is 24.8 Å². The zero-order valence-corrected chi connectivity index (χ0v) is 15.4. The molecule has 0 spiro atoms. The summed E-state index contributed by atoms with van der Waals surface area (Å²) in [6, 6.07) is 6.29. The van der Waals surface area contributed by atoms with Gasteiger partial charge in [-0.1, -0.05) is 18.6 Å². The molecule has 3 aliphatic rings. The Morgan fingerprint density at radius 2 is 1.89 bits per heavy atom. The molecule has 156 valence electrons. The van der Waals surface area contributed by atoms with Crippen molar-refractivity contribution in [2.24, 2.45) is 5.92 Å². The predicted octanol–water partition coefficient (Wildman–Crippen LogP) is 0.641. The van der Waals surface area contributed by atoms with Crippen LogP contribution in [0.15, 0.2) is 24.3 Å². The van der Waals surface area contributed by atoms with E-state index in [0.29, 0.717) is 6.42 Å². The molecule has 4 N–H and O–H groups in total. The fourth-order valence-electron chi connectivity index (χ4n) is 4.63. The lowest BCUT2D eigenvalue weighted by molar-refractivity contribution is -0.323. The van der Waals surface area contributed by atoms with Gasteiger partial charge in [0.1, 0.15) is 30.2 Å². The third kappa shape index (κ3) is 3.82. The van der Waals surface area contributed by atoms with E-state index in [0.717, 1.165) is 24.8 Å². The van der Waals surface area contributed by atoms with E-state index < -0.39 is 37.3 Å². The fraction of sp³-hybridized carbons (Fsp3) is 0.700. The Labute approximate surface area is 162 Å². The van der Waals surface area contributed by atoms with Gasteiger partial charge in [-0.15, -0.1) is 0 Å². The van der Waals surface area contributed by atoms with Gasteiger partial charge in [-0.25, -0.2) is 4.39 Å². The van der Waals surface area contributed by atoms with Crippen molar-refractivity contribution in [1.29, 1.82) is 0 Å². The Bertz CT molecular complexity index is 672. The van der Waals surface area contributed by atoms with Crippen molar-refractivity contribution in [1.82, 2.24) is 0 Å². The van der Waals surface area contributed by atoms with Crippen LogP contribution in [-0.2, 0) is 14.2 Å². The van der Waals surface area contributed by atoms with Crippen LogP contribution < -0.4 is 0 Å². The summed E-state index contributed by atoms with van der Waals surface area (Å²) in [6.45, 7) is -0.503. The molecule has 7 nitrogen and oxygen atoms in total. The van der Waals surface area contributed by atoms with Gasteiger partial charge in [-0.05, 0) is 30.5 Å². The smallest absolute Gasteiger partial charge is 0.186 e. The molecule has 1 aromatic rings. The van der Waals surface area contributed by atoms with Crippen LogP contribution >= 0.6 is 0 Å². The number of ether oxygens (including phenoxy) is 3. The summed E-state index contributed by atoms with van der Waals surface area (Å²) in [7, 11) is 0. The first-order valence-corrected chi connectivity index (χ1v) is 9.85. The number of hydrogen-bond acceptors (Lipinski definition) is 7. The van der Waals surface area contributed by atoms with E-state index in [1.165, 1.54) is 12.1 Å². The van der Waals surface area contributed by atoms with Crippen LogP contribution in [0.5, 0.6) is 0 Å². The molecule has 8 heteroatoms. The third-order valence-corrected chi connectivity index (χ3v) is 6.14. The molecule has 4 rings (SSSR count). The van der Waals surface area contributed by atoms with Crippen molar-refractivity contribution in [3.63, 3.8) is 0 Å². The highest BCUT2D eigenvalue weighted by atomic mass is 19.1. The first-order valence-electron chi connectivity index (χ1n) is 9.85. The van der Waals surface area contributed by atoms with Crippen molar-refractivity contribution in [3.8, 4) is 0 Å². The SMILES string of the molecule is OC[C@@H]1O[C@@H](O[C@@H]2C[C@H](c3cccc(F)c3)O[C@@H]3CCC[C@@H]23)[C@H](O)[C@H](O)[C@H]1O. The first kappa shape index (κ1) is 20.2. The Morgan fingerprint density at radius 1 is 1.07 bits per heavy atom. The van der Waals surface area contributed by atoms with Crippen LogP contribution in [0.1, 0.15) is 37.4 Å². The average Bonchev–Trinajstić information content (AvgIpc) is 3.17. The first-order chi connectivity index (χ1) is 13.5. The number of aliphatic hydroxyl groups is 4. The number of halogens is 1. The van der Waals surface area contributed by atoms with Gasteiger partial charge < -0.3 is 34.6 Å². The van der Waals surface area contributed by atoms with E-state index in [1.54, 1.807) is 6.07 Å². The normalized spacial score (nSPS) is 43.7. The van der Waals surface area contributed by atoms with Gasteiger partial charge in [0.25, 0.3) is 0 Å². The summed E-state index contributed by atoms with van der Waals surface area (Å²) < 4.78 is 31.4. The number of fused-ring (bicyclic) bond motifs is 1. The monoisotopic (exact) mass is 398 g/mol. The minimum atomic E-state index is -1.48. The van der Waals surface area contributed by atoms with E-state index in [1.807, 2.05) is 6.07 Å². The lowest BCUT2D eigenvalue weighted by Gasteiger charge is -2.44. The lowest BCUT2D eigenvalue weighted by atomic mass is 9.88. The summed E-state index contributed by atoms with van der Waals surface area (Å²) in [5, 5.41) is 39.6. The minimum absolute atomic E-state index is 0.0306. The highest BCUT2D eigenvalue weighted by Gasteiger charge is 2.48. The zero-order valence-electron chi connectivity index (χ0n) is 15.4. The molecule has 2 aliphatic heterocycles. The maximum atomic E-state index is 13.7. The van der Waals surface area contributed by atoms with Gasteiger partial charge in [-0.3, -0.25) is 0 Å². The number of aliphatic hydroxyl groups excluding tert-OH is 4.